The molecule has 1 heterocycles. The maximum atomic E-state index is 13.7. The molecule has 146 valence electrons. The molecule has 2 aromatic carbocycles. The molecule has 0 radical (unpaired) electrons. The predicted octanol–water partition coefficient (Wildman–Crippen LogP) is 5.12. The average molecular weight is 456 g/mol. The van der Waals surface area contributed by atoms with E-state index in [-0.39, 0.29) is 11.6 Å². The largest absolute Gasteiger partial charge is 0.317 e. The minimum Gasteiger partial charge on any atom is -0.317 e. The van der Waals surface area contributed by atoms with Gasteiger partial charge in [0, 0.05) is 11.6 Å². The molecule has 0 bridgehead atoms. The lowest BCUT2D eigenvalue weighted by molar-refractivity contribution is 0.102. The molecule has 0 unspecified atom stereocenters. The van der Waals surface area contributed by atoms with E-state index in [4.69, 9.17) is 0 Å². The lowest BCUT2D eigenvalue weighted by Gasteiger charge is -2.10. The van der Waals surface area contributed by atoms with Crippen molar-refractivity contribution in [1.82, 2.24) is 9.78 Å². The fourth-order valence-electron chi connectivity index (χ4n) is 2.63. The van der Waals surface area contributed by atoms with Gasteiger partial charge in [-0.15, -0.1) is 0 Å². The molecule has 0 fully saturated rings. The summed E-state index contributed by atoms with van der Waals surface area (Å²) in [7, 11) is 0. The van der Waals surface area contributed by atoms with Crippen molar-refractivity contribution in [2.75, 3.05) is 5.32 Å². The van der Waals surface area contributed by atoms with Gasteiger partial charge in [0.1, 0.15) is 5.69 Å². The highest BCUT2D eigenvalue weighted by Gasteiger charge is 2.21. The number of nitrogens with zero attached hydrogens (tertiary/aromatic N) is 2. The van der Waals surface area contributed by atoms with Crippen LogP contribution in [0.5, 0.6) is 0 Å². The predicted molar refractivity (Wildman–Crippen MR) is 99.2 cm³/mol. The van der Waals surface area contributed by atoms with Crippen LogP contribution in [0, 0.1) is 37.1 Å². The van der Waals surface area contributed by atoms with Crippen LogP contribution in [0.1, 0.15) is 27.3 Å². The van der Waals surface area contributed by atoms with E-state index in [1.165, 1.54) is 12.1 Å². The van der Waals surface area contributed by atoms with Gasteiger partial charge in [-0.3, -0.25) is 9.48 Å². The molecule has 3 rings (SSSR count). The van der Waals surface area contributed by atoms with Crippen molar-refractivity contribution >= 4 is 27.5 Å². The highest BCUT2D eigenvalue weighted by molar-refractivity contribution is 9.10. The minimum absolute atomic E-state index is 0.0711. The van der Waals surface area contributed by atoms with Gasteiger partial charge in [0.05, 0.1) is 22.4 Å². The average Bonchev–Trinajstić information content (AvgIpc) is 2.91. The van der Waals surface area contributed by atoms with Gasteiger partial charge in [-0.25, -0.2) is 17.6 Å². The van der Waals surface area contributed by atoms with E-state index in [1.54, 1.807) is 16.8 Å². The normalized spacial score (nSPS) is 11.0. The molecule has 9 heteroatoms. The molecule has 28 heavy (non-hydrogen) atoms. The van der Waals surface area contributed by atoms with Crippen molar-refractivity contribution in [2.45, 2.75) is 20.4 Å². The number of rotatable bonds is 4. The summed E-state index contributed by atoms with van der Waals surface area (Å²) < 4.78 is 56.6. The maximum absolute atomic E-state index is 13.7. The Balaban J connectivity index is 1.79. The monoisotopic (exact) mass is 455 g/mol. The molecule has 1 N–H and O–H groups in total. The smallest absolute Gasteiger partial charge is 0.255 e. The van der Waals surface area contributed by atoms with Crippen LogP contribution in [0.3, 0.4) is 0 Å². The zero-order chi connectivity index (χ0) is 20.6. The molecule has 1 amide bonds. The Kier molecular flexibility index (Phi) is 5.55. The van der Waals surface area contributed by atoms with Crippen LogP contribution in [-0.4, -0.2) is 15.7 Å². The summed E-state index contributed by atoms with van der Waals surface area (Å²) in [6, 6.07) is 6.26. The fraction of sp³-hybridized carbons (Fsp3) is 0.158. The Hall–Kier alpha value is -2.68. The van der Waals surface area contributed by atoms with Gasteiger partial charge in [0.15, 0.2) is 23.3 Å². The summed E-state index contributed by atoms with van der Waals surface area (Å²) in [5.41, 5.74) is 1.53. The number of carbonyl (C=O) groups is 1. The van der Waals surface area contributed by atoms with Crippen molar-refractivity contribution in [1.29, 1.82) is 0 Å². The third kappa shape index (κ3) is 3.80. The van der Waals surface area contributed by atoms with Crippen LogP contribution in [0.2, 0.25) is 0 Å². The number of aromatic nitrogens is 2. The zero-order valence-electron chi connectivity index (χ0n) is 14.8. The second-order valence-electron chi connectivity index (χ2n) is 6.14. The minimum atomic E-state index is -1.67. The number of aryl methyl sites for hydroxylation is 1. The molecular formula is C19H14BrF4N3O. The van der Waals surface area contributed by atoms with E-state index in [1.807, 2.05) is 19.2 Å². The molecule has 0 aliphatic carbocycles. The van der Waals surface area contributed by atoms with E-state index in [9.17, 15) is 22.4 Å². The molecule has 0 aliphatic rings. The lowest BCUT2D eigenvalue weighted by atomic mass is 10.1. The quantitative estimate of drug-likeness (QED) is 0.438. The number of halogens is 5. The van der Waals surface area contributed by atoms with Gasteiger partial charge in [0.25, 0.3) is 5.91 Å². The standard InChI is InChI=1S/C19H14BrF4N3O/c1-9-15(20)10(2)27(26-9)8-11-3-5-12(6-4-11)19(28)25-18-16(23)13(21)7-14(22)17(18)24/h3-7H,8H2,1-2H3,(H,25,28). The second kappa shape index (κ2) is 7.75. The highest BCUT2D eigenvalue weighted by Crippen LogP contribution is 2.25. The lowest BCUT2D eigenvalue weighted by Crippen LogP contribution is -2.16. The Morgan fingerprint density at radius 2 is 1.64 bits per heavy atom. The van der Waals surface area contributed by atoms with Crippen molar-refractivity contribution in [3.8, 4) is 0 Å². The van der Waals surface area contributed by atoms with Crippen LogP contribution in [-0.2, 0) is 6.54 Å². The molecular weight excluding hydrogens is 442 g/mol. The van der Waals surface area contributed by atoms with Gasteiger partial charge in [-0.05, 0) is 47.5 Å². The Morgan fingerprint density at radius 1 is 1.07 bits per heavy atom. The Labute approximate surface area is 166 Å². The first-order chi connectivity index (χ1) is 13.2. The summed E-state index contributed by atoms with van der Waals surface area (Å²) in [4.78, 5) is 12.2. The summed E-state index contributed by atoms with van der Waals surface area (Å²) in [6.45, 7) is 4.24. The third-order valence-corrected chi connectivity index (χ3v) is 5.34. The number of hydrogen-bond donors (Lipinski definition) is 1. The number of anilines is 1. The molecule has 0 spiro atoms. The number of benzene rings is 2. The number of nitrogens with one attached hydrogen (secondary N) is 1. The second-order valence-corrected chi connectivity index (χ2v) is 6.93. The summed E-state index contributed by atoms with van der Waals surface area (Å²) in [5.74, 6) is -7.43. The fourth-order valence-corrected chi connectivity index (χ4v) is 2.92. The number of hydrogen-bond acceptors (Lipinski definition) is 2. The zero-order valence-corrected chi connectivity index (χ0v) is 16.4. The van der Waals surface area contributed by atoms with Crippen LogP contribution in [0.4, 0.5) is 23.2 Å². The topological polar surface area (TPSA) is 46.9 Å². The number of amides is 1. The van der Waals surface area contributed by atoms with Gasteiger partial charge < -0.3 is 5.32 Å². The molecule has 0 atom stereocenters. The summed E-state index contributed by atoms with van der Waals surface area (Å²) >= 11 is 3.45. The maximum Gasteiger partial charge on any atom is 0.255 e. The Bertz CT molecular complexity index is 1040. The Morgan fingerprint density at radius 3 is 2.14 bits per heavy atom. The number of carbonyl (C=O) groups excluding carboxylic acids is 1. The van der Waals surface area contributed by atoms with E-state index < -0.39 is 34.9 Å². The van der Waals surface area contributed by atoms with Crippen LogP contribution in [0.25, 0.3) is 0 Å². The molecule has 0 saturated carbocycles. The first kappa shape index (κ1) is 20.1. The van der Waals surface area contributed by atoms with Gasteiger partial charge in [-0.1, -0.05) is 12.1 Å². The van der Waals surface area contributed by atoms with Crippen molar-refractivity contribution in [2.24, 2.45) is 0 Å². The van der Waals surface area contributed by atoms with Crippen molar-refractivity contribution < 1.29 is 22.4 Å². The molecule has 1 aromatic heterocycles. The highest BCUT2D eigenvalue weighted by atomic mass is 79.9. The first-order valence-electron chi connectivity index (χ1n) is 8.11. The van der Waals surface area contributed by atoms with Crippen molar-refractivity contribution in [3.63, 3.8) is 0 Å². The van der Waals surface area contributed by atoms with Gasteiger partial charge >= 0.3 is 0 Å². The third-order valence-electron chi connectivity index (χ3n) is 4.19. The molecule has 4 nitrogen and oxygen atoms in total. The SMILES string of the molecule is Cc1nn(Cc2ccc(C(=O)Nc3c(F)c(F)cc(F)c3F)cc2)c(C)c1Br. The van der Waals surface area contributed by atoms with E-state index in [0.717, 1.165) is 21.4 Å². The summed E-state index contributed by atoms with van der Waals surface area (Å²) in [6.07, 6.45) is 0. The molecule has 0 saturated heterocycles. The van der Waals surface area contributed by atoms with E-state index in [2.05, 4.69) is 21.0 Å². The van der Waals surface area contributed by atoms with Gasteiger partial charge in [-0.2, -0.15) is 5.10 Å². The molecule has 3 aromatic rings. The van der Waals surface area contributed by atoms with Crippen molar-refractivity contribution in [3.05, 3.63) is 80.6 Å². The first-order valence-corrected chi connectivity index (χ1v) is 8.91. The van der Waals surface area contributed by atoms with Crippen LogP contribution in [0.15, 0.2) is 34.8 Å². The van der Waals surface area contributed by atoms with Crippen LogP contribution < -0.4 is 5.32 Å². The van der Waals surface area contributed by atoms with E-state index >= 15 is 0 Å². The molecule has 0 aliphatic heterocycles. The van der Waals surface area contributed by atoms with Crippen LogP contribution >= 0.6 is 15.9 Å². The van der Waals surface area contributed by atoms with E-state index in [0.29, 0.717) is 6.54 Å². The summed E-state index contributed by atoms with van der Waals surface area (Å²) in [5, 5.41) is 6.26. The van der Waals surface area contributed by atoms with Gasteiger partial charge in [0.2, 0.25) is 0 Å².